The third kappa shape index (κ3) is 6.88. The van der Waals surface area contributed by atoms with Crippen molar-refractivity contribution >= 4 is 35.0 Å². The molecule has 12 heteroatoms. The van der Waals surface area contributed by atoms with E-state index in [1.54, 1.807) is 4.90 Å². The van der Waals surface area contributed by atoms with E-state index in [0.717, 1.165) is 49.8 Å². The maximum atomic E-state index is 12.8. The number of primary amides is 1. The van der Waals surface area contributed by atoms with Gasteiger partial charge in [0, 0.05) is 88.3 Å². The largest absolute Gasteiger partial charge is 0.444 e. The predicted octanol–water partition coefficient (Wildman–Crippen LogP) is 3.78. The summed E-state index contributed by atoms with van der Waals surface area (Å²) in [6, 6.07) is 7.07. The van der Waals surface area contributed by atoms with Gasteiger partial charge >= 0.3 is 6.09 Å². The molecule has 2 aromatic rings. The number of amides is 2. The molecule has 1 aromatic carbocycles. The molecule has 250 valence electrons. The first-order chi connectivity index (χ1) is 21.9. The lowest BCUT2D eigenvalue weighted by molar-refractivity contribution is 0.0207. The van der Waals surface area contributed by atoms with Crippen molar-refractivity contribution in [3.05, 3.63) is 35.2 Å². The normalized spacial score (nSPS) is 23.1. The van der Waals surface area contributed by atoms with Gasteiger partial charge < -0.3 is 35.4 Å². The summed E-state index contributed by atoms with van der Waals surface area (Å²) in [5.41, 5.74) is 9.45. The number of carbonyl (C=O) groups excluding carboxylic acids is 2. The van der Waals surface area contributed by atoms with Gasteiger partial charge in [0.1, 0.15) is 5.60 Å². The van der Waals surface area contributed by atoms with Crippen molar-refractivity contribution in [3.63, 3.8) is 0 Å². The van der Waals surface area contributed by atoms with Crippen LogP contribution in [0.2, 0.25) is 0 Å². The van der Waals surface area contributed by atoms with Crippen LogP contribution in [-0.4, -0.2) is 120 Å². The minimum Gasteiger partial charge on any atom is -0.444 e. The van der Waals surface area contributed by atoms with Crippen LogP contribution < -0.4 is 20.9 Å². The molecule has 0 spiro atoms. The van der Waals surface area contributed by atoms with Crippen molar-refractivity contribution in [3.8, 4) is 0 Å². The number of carbonyl (C=O) groups is 2. The molecule has 5 heterocycles. The number of piperazine rings is 2. The lowest BCUT2D eigenvalue weighted by atomic mass is 9.90. The Morgan fingerprint density at radius 1 is 0.978 bits per heavy atom. The Morgan fingerprint density at radius 2 is 1.70 bits per heavy atom. The second-order valence-electron chi connectivity index (χ2n) is 14.6. The number of piperidine rings is 1. The third-order valence-electron chi connectivity index (χ3n) is 9.95. The van der Waals surface area contributed by atoms with Gasteiger partial charge in [-0.05, 0) is 77.8 Å². The molecule has 0 aliphatic carbocycles. The van der Waals surface area contributed by atoms with E-state index >= 15 is 0 Å². The van der Waals surface area contributed by atoms with Crippen LogP contribution in [0.25, 0.3) is 0 Å². The van der Waals surface area contributed by atoms with Crippen molar-refractivity contribution in [2.45, 2.75) is 77.5 Å². The summed E-state index contributed by atoms with van der Waals surface area (Å²) in [6.45, 7) is 18.3. The summed E-state index contributed by atoms with van der Waals surface area (Å²) in [5, 5.41) is 3.38. The van der Waals surface area contributed by atoms with E-state index in [2.05, 4.69) is 57.9 Å². The van der Waals surface area contributed by atoms with E-state index in [-0.39, 0.29) is 23.7 Å². The fraction of sp³-hybridized carbons (Fsp3) is 0.647. The monoisotopic (exact) mass is 633 g/mol. The van der Waals surface area contributed by atoms with E-state index in [1.165, 1.54) is 37.2 Å². The molecule has 6 rings (SSSR count). The number of anilines is 4. The van der Waals surface area contributed by atoms with Gasteiger partial charge in [0.25, 0.3) is 5.91 Å². The molecule has 4 aliphatic rings. The highest BCUT2D eigenvalue weighted by Gasteiger charge is 2.40. The number of fused-ring (bicyclic) bond motifs is 3. The van der Waals surface area contributed by atoms with E-state index in [1.807, 2.05) is 26.8 Å². The molecule has 3 saturated heterocycles. The summed E-state index contributed by atoms with van der Waals surface area (Å²) in [6.07, 6.45) is 2.86. The minimum atomic E-state index is -0.613. The van der Waals surface area contributed by atoms with Gasteiger partial charge in [-0.15, -0.1) is 0 Å². The Labute approximate surface area is 273 Å². The van der Waals surface area contributed by atoms with Gasteiger partial charge in [0.05, 0.1) is 5.69 Å². The molecule has 1 unspecified atom stereocenters. The summed E-state index contributed by atoms with van der Waals surface area (Å²) in [4.78, 5) is 46.8. The van der Waals surface area contributed by atoms with E-state index in [9.17, 15) is 9.59 Å². The van der Waals surface area contributed by atoms with Crippen LogP contribution in [0.15, 0.2) is 18.2 Å². The Hall–Kier alpha value is -3.64. The lowest BCUT2D eigenvalue weighted by Crippen LogP contribution is -2.57. The lowest BCUT2D eigenvalue weighted by Gasteiger charge is -2.46. The van der Waals surface area contributed by atoms with Gasteiger partial charge in [0.2, 0.25) is 0 Å². The molecular formula is C34H51N9O3. The van der Waals surface area contributed by atoms with Crippen LogP contribution in [0.5, 0.6) is 0 Å². The first-order valence-electron chi connectivity index (χ1n) is 16.9. The first-order valence-corrected chi connectivity index (χ1v) is 16.9. The molecule has 2 atom stereocenters. The molecule has 12 nitrogen and oxygen atoms in total. The topological polar surface area (TPSA) is 123 Å². The average molecular weight is 634 g/mol. The number of hydrogen-bond donors (Lipinski definition) is 2. The zero-order chi connectivity index (χ0) is 32.7. The van der Waals surface area contributed by atoms with Crippen molar-refractivity contribution < 1.29 is 14.3 Å². The number of likely N-dealkylation sites (N-methyl/N-ethyl adjacent to an activating group) is 1. The van der Waals surface area contributed by atoms with Crippen LogP contribution in [0.3, 0.4) is 0 Å². The summed E-state index contributed by atoms with van der Waals surface area (Å²) in [5.74, 6) is 0.542. The molecule has 0 radical (unpaired) electrons. The standard InChI is InChI=1S/C34H51N9O3/c1-22-19-24(7-8-27(22)41-11-9-25(10-12-41)40-15-13-39(6)14-16-40)36-31-29(30(35)44)37-28-23(2)20-26-21-42(33(45)46-34(3,4)5)17-18-43(26)32(28)38-31/h7-8,19,23,25-26H,9-18,20-21H2,1-6H3,(H2,35,44)(H,36,38)/t23?,26-/m0/s1. The number of nitrogens with zero attached hydrogens (tertiary/aromatic N) is 7. The van der Waals surface area contributed by atoms with Crippen molar-refractivity contribution in [2.75, 3.05) is 81.1 Å². The van der Waals surface area contributed by atoms with Gasteiger partial charge in [-0.25, -0.2) is 14.8 Å². The SMILES string of the molecule is Cc1cc(Nc2nc3c(nc2C(N)=O)C(C)C[C@H]2CN(C(=O)OC(C)(C)C)CCN32)ccc1N1CCC(N2CCN(C)CC2)CC1. The van der Waals surface area contributed by atoms with Gasteiger partial charge in [-0.1, -0.05) is 6.92 Å². The maximum Gasteiger partial charge on any atom is 0.410 e. The molecule has 1 aromatic heterocycles. The second kappa shape index (κ2) is 12.9. The molecule has 0 bridgehead atoms. The summed E-state index contributed by atoms with van der Waals surface area (Å²) in [7, 11) is 2.21. The number of benzene rings is 1. The zero-order valence-electron chi connectivity index (χ0n) is 28.4. The second-order valence-corrected chi connectivity index (χ2v) is 14.6. The number of aromatic nitrogens is 2. The predicted molar refractivity (Wildman–Crippen MR) is 181 cm³/mol. The van der Waals surface area contributed by atoms with Crippen LogP contribution >= 0.6 is 0 Å². The Balaban J connectivity index is 1.16. The van der Waals surface area contributed by atoms with Gasteiger partial charge in [0.15, 0.2) is 17.3 Å². The quantitative estimate of drug-likeness (QED) is 0.503. The van der Waals surface area contributed by atoms with Gasteiger partial charge in [-0.2, -0.15) is 0 Å². The van der Waals surface area contributed by atoms with Crippen molar-refractivity contribution in [2.24, 2.45) is 5.73 Å². The number of hydrogen-bond acceptors (Lipinski definition) is 10. The van der Waals surface area contributed by atoms with Gasteiger partial charge in [-0.3, -0.25) is 9.69 Å². The average Bonchev–Trinajstić information content (AvgIpc) is 3.00. The van der Waals surface area contributed by atoms with E-state index in [0.29, 0.717) is 31.5 Å². The number of rotatable bonds is 5. The number of ether oxygens (including phenoxy) is 1. The Bertz CT molecular complexity index is 1440. The van der Waals surface area contributed by atoms with E-state index < -0.39 is 11.5 Å². The first kappa shape index (κ1) is 32.3. The fourth-order valence-corrected chi connectivity index (χ4v) is 7.47. The zero-order valence-corrected chi connectivity index (χ0v) is 28.4. The number of aryl methyl sites for hydroxylation is 1. The van der Waals surface area contributed by atoms with Crippen LogP contribution in [0, 0.1) is 6.92 Å². The fourth-order valence-electron chi connectivity index (χ4n) is 7.47. The molecule has 2 amide bonds. The van der Waals surface area contributed by atoms with Crippen LogP contribution in [0.4, 0.5) is 27.8 Å². The maximum absolute atomic E-state index is 12.8. The molecule has 0 saturated carbocycles. The third-order valence-corrected chi connectivity index (χ3v) is 9.95. The van der Waals surface area contributed by atoms with Crippen molar-refractivity contribution in [1.82, 2.24) is 24.7 Å². The molecule has 46 heavy (non-hydrogen) atoms. The highest BCUT2D eigenvalue weighted by atomic mass is 16.6. The molecule has 3 N–H and O–H groups in total. The Kier molecular flexibility index (Phi) is 9.04. The number of nitrogens with one attached hydrogen (secondary N) is 1. The minimum absolute atomic E-state index is 0.0522. The van der Waals surface area contributed by atoms with Crippen molar-refractivity contribution in [1.29, 1.82) is 0 Å². The highest BCUT2D eigenvalue weighted by molar-refractivity contribution is 5.96. The van der Waals surface area contributed by atoms with E-state index in [4.69, 9.17) is 20.4 Å². The summed E-state index contributed by atoms with van der Waals surface area (Å²) >= 11 is 0. The smallest absolute Gasteiger partial charge is 0.410 e. The highest BCUT2D eigenvalue weighted by Crippen LogP contribution is 2.39. The molecule has 3 fully saturated rings. The Morgan fingerprint density at radius 3 is 2.35 bits per heavy atom. The molecular weight excluding hydrogens is 582 g/mol. The van der Waals surface area contributed by atoms with Crippen LogP contribution in [-0.2, 0) is 4.74 Å². The summed E-state index contributed by atoms with van der Waals surface area (Å²) < 4.78 is 5.64. The van der Waals surface area contributed by atoms with Crippen LogP contribution in [0.1, 0.15) is 74.6 Å². The molecule has 4 aliphatic heterocycles. The number of nitrogens with two attached hydrogens (primary N) is 1.